The molecule has 5 heteroatoms. The second kappa shape index (κ2) is 13.7. The molecule has 0 heterocycles. The van der Waals surface area contributed by atoms with Crippen molar-refractivity contribution >= 4 is 12.2 Å². The molecule has 0 unspecified atom stereocenters. The van der Waals surface area contributed by atoms with Crippen molar-refractivity contribution in [2.45, 2.75) is 59.8 Å². The third kappa shape index (κ3) is 8.60. The van der Waals surface area contributed by atoms with Crippen LogP contribution in [0.4, 0.5) is 8.78 Å². The Balaban J connectivity index is 0.000000337. The average Bonchev–Trinajstić information content (AvgIpc) is 2.76. The normalized spacial score (nSPS) is 13.3. The van der Waals surface area contributed by atoms with Gasteiger partial charge in [-0.2, -0.15) is 0 Å². The van der Waals surface area contributed by atoms with Crippen molar-refractivity contribution in [1.82, 2.24) is 4.90 Å². The third-order valence-corrected chi connectivity index (χ3v) is 5.31. The zero-order valence-electron chi connectivity index (χ0n) is 19.4. The van der Waals surface area contributed by atoms with Gasteiger partial charge in [-0.1, -0.05) is 50.8 Å². The van der Waals surface area contributed by atoms with Crippen LogP contribution >= 0.6 is 0 Å². The zero-order valence-corrected chi connectivity index (χ0v) is 19.4. The highest BCUT2D eigenvalue weighted by molar-refractivity contribution is 5.95. The highest BCUT2D eigenvalue weighted by atomic mass is 19.1. The third-order valence-electron chi connectivity index (χ3n) is 5.31. The van der Waals surface area contributed by atoms with E-state index in [9.17, 15) is 18.4 Å². The highest BCUT2D eigenvalue weighted by Gasteiger charge is 2.20. The van der Waals surface area contributed by atoms with Gasteiger partial charge < -0.3 is 4.90 Å². The Hall–Kier alpha value is -2.56. The number of hydrogen-bond acceptors (Lipinski definition) is 2. The minimum absolute atomic E-state index is 0.124. The summed E-state index contributed by atoms with van der Waals surface area (Å²) in [6.45, 7) is 8.99. The Kier molecular flexibility index (Phi) is 11.7. The molecule has 1 fully saturated rings. The van der Waals surface area contributed by atoms with Crippen LogP contribution in [-0.2, 0) is 0 Å². The molecule has 0 aliphatic heterocycles. The fourth-order valence-corrected chi connectivity index (χ4v) is 3.70. The molecule has 170 valence electrons. The molecule has 0 atom stereocenters. The molecular formula is C26H35F2NO2. The van der Waals surface area contributed by atoms with Gasteiger partial charge >= 0.3 is 0 Å². The van der Waals surface area contributed by atoms with Crippen LogP contribution < -0.4 is 0 Å². The van der Waals surface area contributed by atoms with E-state index in [2.05, 4.69) is 13.0 Å². The Morgan fingerprint density at radius 2 is 1.68 bits per heavy atom. The molecule has 1 aliphatic rings. The number of amides is 1. The van der Waals surface area contributed by atoms with E-state index in [0.29, 0.717) is 18.3 Å². The molecule has 0 radical (unpaired) electrons. The molecule has 1 amide bonds. The summed E-state index contributed by atoms with van der Waals surface area (Å²) in [5, 5.41) is 0. The van der Waals surface area contributed by atoms with Crippen molar-refractivity contribution in [3.63, 3.8) is 0 Å². The van der Waals surface area contributed by atoms with Crippen LogP contribution in [0.3, 0.4) is 0 Å². The minimum atomic E-state index is -0.824. The maximum absolute atomic E-state index is 12.5. The van der Waals surface area contributed by atoms with Crippen LogP contribution in [0.1, 0.15) is 77.8 Å². The van der Waals surface area contributed by atoms with Crippen LogP contribution in [0.2, 0.25) is 0 Å². The number of aldehydes is 1. The quantitative estimate of drug-likeness (QED) is 0.502. The second-order valence-corrected chi connectivity index (χ2v) is 7.79. The Labute approximate surface area is 185 Å². The Morgan fingerprint density at radius 1 is 1.03 bits per heavy atom. The van der Waals surface area contributed by atoms with Gasteiger partial charge in [0, 0.05) is 25.2 Å². The smallest absolute Gasteiger partial charge is 0.253 e. The first-order valence-corrected chi connectivity index (χ1v) is 11.0. The molecule has 1 saturated carbocycles. The molecule has 2 aromatic rings. The number of halogens is 2. The van der Waals surface area contributed by atoms with Gasteiger partial charge in [-0.3, -0.25) is 9.59 Å². The second-order valence-electron chi connectivity index (χ2n) is 7.79. The number of hydrogen-bond donors (Lipinski definition) is 0. The molecular weight excluding hydrogens is 396 g/mol. The molecule has 1 aliphatic carbocycles. The van der Waals surface area contributed by atoms with E-state index in [1.807, 2.05) is 44.9 Å². The van der Waals surface area contributed by atoms with Crippen molar-refractivity contribution in [2.24, 2.45) is 5.92 Å². The van der Waals surface area contributed by atoms with Crippen LogP contribution in [0.5, 0.6) is 0 Å². The number of aryl methyl sites for hydroxylation is 2. The summed E-state index contributed by atoms with van der Waals surface area (Å²) < 4.78 is 24.5. The highest BCUT2D eigenvalue weighted by Crippen LogP contribution is 2.24. The summed E-state index contributed by atoms with van der Waals surface area (Å²) in [6.07, 6.45) is 6.93. The predicted octanol–water partition coefficient (Wildman–Crippen LogP) is 6.76. The van der Waals surface area contributed by atoms with Crippen molar-refractivity contribution in [3.8, 4) is 0 Å². The van der Waals surface area contributed by atoms with Crippen molar-refractivity contribution in [2.75, 3.05) is 13.6 Å². The molecule has 3 rings (SSSR count). The summed E-state index contributed by atoms with van der Waals surface area (Å²) in [4.78, 5) is 24.4. The van der Waals surface area contributed by atoms with Gasteiger partial charge in [0.2, 0.25) is 0 Å². The van der Waals surface area contributed by atoms with Crippen molar-refractivity contribution < 1.29 is 18.4 Å². The summed E-state index contributed by atoms with van der Waals surface area (Å²) in [5.74, 6) is -0.630. The summed E-state index contributed by atoms with van der Waals surface area (Å²) >= 11 is 0. The molecule has 0 spiro atoms. The lowest BCUT2D eigenvalue weighted by Gasteiger charge is -2.27. The van der Waals surface area contributed by atoms with Gasteiger partial charge in [0.15, 0.2) is 6.29 Å². The lowest BCUT2D eigenvalue weighted by atomic mass is 9.89. The number of carbonyl (C=O) groups excluding carboxylic acids is 2. The van der Waals surface area contributed by atoms with Crippen LogP contribution in [-0.4, -0.2) is 30.7 Å². The van der Waals surface area contributed by atoms with Crippen LogP contribution in [0, 0.1) is 31.4 Å². The van der Waals surface area contributed by atoms with E-state index in [1.54, 1.807) is 0 Å². The number of nitrogens with zero attached hydrogens (tertiary/aromatic N) is 1. The first-order chi connectivity index (χ1) is 14.8. The number of rotatable bonds is 4. The van der Waals surface area contributed by atoms with E-state index in [4.69, 9.17) is 0 Å². The van der Waals surface area contributed by atoms with Crippen molar-refractivity contribution in [1.29, 1.82) is 0 Å². The van der Waals surface area contributed by atoms with E-state index >= 15 is 0 Å². The zero-order chi connectivity index (χ0) is 23.4. The lowest BCUT2D eigenvalue weighted by molar-refractivity contribution is 0.0759. The molecule has 31 heavy (non-hydrogen) atoms. The van der Waals surface area contributed by atoms with Crippen molar-refractivity contribution in [3.05, 3.63) is 70.3 Å². The first kappa shape index (κ1) is 26.5. The van der Waals surface area contributed by atoms with E-state index in [-0.39, 0.29) is 11.5 Å². The van der Waals surface area contributed by atoms with Gasteiger partial charge in [-0.05, 0) is 56.4 Å². The largest absolute Gasteiger partial charge is 0.341 e. The van der Waals surface area contributed by atoms with Gasteiger partial charge in [0.05, 0.1) is 5.56 Å². The Bertz CT molecular complexity index is 845. The summed E-state index contributed by atoms with van der Waals surface area (Å²) in [7, 11) is 1.94. The molecule has 3 nitrogen and oxygen atoms in total. The van der Waals surface area contributed by atoms with Crippen LogP contribution in [0.25, 0.3) is 0 Å². The number of benzene rings is 2. The van der Waals surface area contributed by atoms with Gasteiger partial charge in [0.25, 0.3) is 5.91 Å². The summed E-state index contributed by atoms with van der Waals surface area (Å²) in [5.41, 5.74) is 3.02. The summed E-state index contributed by atoms with van der Waals surface area (Å²) in [6, 6.07) is 8.87. The Morgan fingerprint density at radius 3 is 2.23 bits per heavy atom. The first-order valence-electron chi connectivity index (χ1n) is 11.0. The van der Waals surface area contributed by atoms with E-state index in [1.165, 1.54) is 37.7 Å². The van der Waals surface area contributed by atoms with Crippen LogP contribution in [0.15, 0.2) is 36.4 Å². The molecule has 0 aromatic heterocycles. The topological polar surface area (TPSA) is 37.4 Å². The van der Waals surface area contributed by atoms with Gasteiger partial charge in [-0.25, -0.2) is 8.78 Å². The van der Waals surface area contributed by atoms with Gasteiger partial charge in [-0.15, -0.1) is 0 Å². The lowest BCUT2D eigenvalue weighted by Crippen LogP contribution is -2.33. The fraction of sp³-hybridized carbons (Fsp3) is 0.462. The SMILES string of the molecule is CC.Cc1ccc(C(=O)N(C)CC2CCCCC2)c(C)c1.O=Cc1ccc(F)cc1F. The number of carbonyl (C=O) groups is 2. The predicted molar refractivity (Wildman–Crippen MR) is 123 cm³/mol. The average molecular weight is 432 g/mol. The molecule has 2 aromatic carbocycles. The maximum Gasteiger partial charge on any atom is 0.253 e. The monoisotopic (exact) mass is 431 g/mol. The molecule has 0 N–H and O–H groups in total. The minimum Gasteiger partial charge on any atom is -0.341 e. The van der Waals surface area contributed by atoms with E-state index < -0.39 is 11.6 Å². The standard InChI is InChI=1S/C17H25NO.C7H4F2O.C2H6/c1-13-9-10-16(14(2)11-13)17(19)18(3)12-15-7-5-4-6-8-15;8-6-2-1-5(4-10)7(9)3-6;1-2/h9-11,15H,4-8,12H2,1-3H3;1-4H;1-2H3. The van der Waals surface area contributed by atoms with E-state index in [0.717, 1.165) is 29.8 Å². The van der Waals surface area contributed by atoms with Gasteiger partial charge in [0.1, 0.15) is 11.6 Å². The molecule has 0 bridgehead atoms. The molecule has 0 saturated heterocycles. The fourth-order valence-electron chi connectivity index (χ4n) is 3.70. The maximum atomic E-state index is 12.5.